The molecule has 0 aliphatic heterocycles. The van der Waals surface area contributed by atoms with Crippen LogP contribution < -0.4 is 0 Å². The summed E-state index contributed by atoms with van der Waals surface area (Å²) in [5.41, 5.74) is 10.2. The molecule has 0 unspecified atom stereocenters. The second kappa shape index (κ2) is 13.7. The van der Waals surface area contributed by atoms with E-state index in [0.717, 1.165) is 29.1 Å². The Bertz CT molecular complexity index is 1930. The Hall–Kier alpha value is -4.37. The first-order chi connectivity index (χ1) is 20.6. The standard InChI is InChI=1S/C21H19N2.C18H14N.Ir/c1-15(2)14-23-20-12-4-3-8-16(20)17-9-7-10-18(21(17)23)19-11-5-6-13-22-19;1-14-12-18(16-10-6-3-7-11-16)19-13-17(14)15-8-4-2-5-9-15;/h3-9,11-13,15H,14H2,1-2H3;2-10,12-13H,1H3;/q2*-1;. The van der Waals surface area contributed by atoms with E-state index in [1.807, 2.05) is 73.1 Å². The van der Waals surface area contributed by atoms with E-state index in [1.54, 1.807) is 0 Å². The predicted octanol–water partition coefficient (Wildman–Crippen LogP) is 9.83. The van der Waals surface area contributed by atoms with Crippen LogP contribution in [0.25, 0.3) is 55.4 Å². The number of benzene rings is 4. The molecule has 0 spiro atoms. The van der Waals surface area contributed by atoms with E-state index >= 15 is 0 Å². The Kier molecular flexibility index (Phi) is 9.61. The van der Waals surface area contributed by atoms with Crippen molar-refractivity contribution in [3.63, 3.8) is 0 Å². The van der Waals surface area contributed by atoms with Crippen LogP contribution in [0.3, 0.4) is 0 Å². The molecule has 0 amide bonds. The molecule has 0 saturated carbocycles. The number of hydrogen-bond acceptors (Lipinski definition) is 2. The average molecular weight is 736 g/mol. The number of nitrogens with zero attached hydrogens (tertiary/aromatic N) is 3. The van der Waals surface area contributed by atoms with E-state index in [9.17, 15) is 0 Å². The summed E-state index contributed by atoms with van der Waals surface area (Å²) >= 11 is 0. The number of pyridine rings is 2. The predicted molar refractivity (Wildman–Crippen MR) is 175 cm³/mol. The van der Waals surface area contributed by atoms with Crippen molar-refractivity contribution in [2.24, 2.45) is 5.92 Å². The van der Waals surface area contributed by atoms with Gasteiger partial charge in [0.25, 0.3) is 0 Å². The minimum Gasteiger partial charge on any atom is -0.380 e. The van der Waals surface area contributed by atoms with E-state index < -0.39 is 0 Å². The molecule has 3 nitrogen and oxygen atoms in total. The maximum Gasteiger partial charge on any atom is 0.0391 e. The van der Waals surface area contributed by atoms with Crippen LogP contribution in [0.15, 0.2) is 128 Å². The minimum absolute atomic E-state index is 0. The van der Waals surface area contributed by atoms with Gasteiger partial charge in [0.1, 0.15) is 0 Å². The van der Waals surface area contributed by atoms with Gasteiger partial charge < -0.3 is 14.5 Å². The molecule has 0 saturated heterocycles. The van der Waals surface area contributed by atoms with Crippen LogP contribution >= 0.6 is 0 Å². The largest absolute Gasteiger partial charge is 0.380 e. The van der Waals surface area contributed by atoms with Gasteiger partial charge in [0.05, 0.1) is 0 Å². The number of hydrogen-bond donors (Lipinski definition) is 0. The van der Waals surface area contributed by atoms with Crippen molar-refractivity contribution in [1.82, 2.24) is 14.5 Å². The molecule has 215 valence electrons. The quantitative estimate of drug-likeness (QED) is 0.165. The maximum atomic E-state index is 4.55. The van der Waals surface area contributed by atoms with E-state index in [-0.39, 0.29) is 20.1 Å². The summed E-state index contributed by atoms with van der Waals surface area (Å²) in [6.07, 6.45) is 3.79. The monoisotopic (exact) mass is 736 g/mol. The van der Waals surface area contributed by atoms with Crippen molar-refractivity contribution in [2.75, 3.05) is 0 Å². The van der Waals surface area contributed by atoms with Crippen molar-refractivity contribution >= 4 is 21.8 Å². The molecule has 0 aliphatic carbocycles. The number of aryl methyl sites for hydroxylation is 1. The Balaban J connectivity index is 0.000000170. The van der Waals surface area contributed by atoms with Crippen LogP contribution in [0.4, 0.5) is 0 Å². The molecule has 7 rings (SSSR count). The molecule has 0 N–H and O–H groups in total. The minimum atomic E-state index is 0. The smallest absolute Gasteiger partial charge is 0.0391 e. The van der Waals surface area contributed by atoms with Crippen LogP contribution in [0.1, 0.15) is 19.4 Å². The van der Waals surface area contributed by atoms with Crippen molar-refractivity contribution in [3.05, 3.63) is 145 Å². The zero-order valence-corrected chi connectivity index (χ0v) is 27.0. The molecule has 3 aromatic heterocycles. The third-order valence-electron chi connectivity index (χ3n) is 7.37. The molecule has 0 atom stereocenters. The Morgan fingerprint density at radius 1 is 0.721 bits per heavy atom. The molecule has 43 heavy (non-hydrogen) atoms. The molecular weight excluding hydrogens is 703 g/mol. The first-order valence-electron chi connectivity index (χ1n) is 14.4. The number of aromatic nitrogens is 3. The second-order valence-corrected chi connectivity index (χ2v) is 10.9. The number of fused-ring (bicyclic) bond motifs is 3. The van der Waals surface area contributed by atoms with E-state index in [0.29, 0.717) is 5.92 Å². The summed E-state index contributed by atoms with van der Waals surface area (Å²) in [6, 6.07) is 45.9. The fourth-order valence-corrected chi connectivity index (χ4v) is 5.48. The molecule has 3 heterocycles. The van der Waals surface area contributed by atoms with Crippen molar-refractivity contribution in [1.29, 1.82) is 0 Å². The SMILES string of the molecule is CC(C)Cn1c2ccccc2c2cc[c-]c(-c3ccccn3)c21.Cc1cc(-c2[c-]cccc2)ncc1-c1ccccc1.[Ir]. The molecule has 0 aliphatic rings. The van der Waals surface area contributed by atoms with Gasteiger partial charge in [0.2, 0.25) is 0 Å². The molecule has 7 aromatic rings. The summed E-state index contributed by atoms with van der Waals surface area (Å²) in [7, 11) is 0. The van der Waals surface area contributed by atoms with Crippen LogP contribution in [0.2, 0.25) is 0 Å². The molecule has 4 aromatic carbocycles. The Morgan fingerprint density at radius 2 is 1.49 bits per heavy atom. The van der Waals surface area contributed by atoms with Gasteiger partial charge in [-0.3, -0.25) is 0 Å². The van der Waals surface area contributed by atoms with Gasteiger partial charge in [-0.1, -0.05) is 86.0 Å². The van der Waals surface area contributed by atoms with Crippen LogP contribution in [-0.4, -0.2) is 14.5 Å². The van der Waals surface area contributed by atoms with E-state index in [4.69, 9.17) is 0 Å². The average Bonchev–Trinajstić information content (AvgIpc) is 3.35. The summed E-state index contributed by atoms with van der Waals surface area (Å²) in [5, 5.41) is 2.58. The molecule has 1 radical (unpaired) electrons. The van der Waals surface area contributed by atoms with E-state index in [2.05, 4.69) is 102 Å². The van der Waals surface area contributed by atoms with Gasteiger partial charge >= 0.3 is 0 Å². The normalized spacial score (nSPS) is 10.8. The number of rotatable bonds is 5. The molecule has 0 bridgehead atoms. The first-order valence-corrected chi connectivity index (χ1v) is 14.4. The summed E-state index contributed by atoms with van der Waals surface area (Å²) in [6.45, 7) is 7.62. The molecule has 0 fully saturated rings. The van der Waals surface area contributed by atoms with Gasteiger partial charge in [-0.25, -0.2) is 0 Å². The van der Waals surface area contributed by atoms with Crippen molar-refractivity contribution in [2.45, 2.75) is 27.3 Å². The van der Waals surface area contributed by atoms with Crippen LogP contribution in [-0.2, 0) is 26.7 Å². The van der Waals surface area contributed by atoms with Gasteiger partial charge in [0.15, 0.2) is 0 Å². The van der Waals surface area contributed by atoms with Gasteiger partial charge in [-0.2, -0.15) is 0 Å². The van der Waals surface area contributed by atoms with Crippen molar-refractivity contribution < 1.29 is 20.1 Å². The maximum absolute atomic E-state index is 4.55. The third-order valence-corrected chi connectivity index (χ3v) is 7.37. The third kappa shape index (κ3) is 6.51. The van der Waals surface area contributed by atoms with Gasteiger partial charge in [0, 0.05) is 50.1 Å². The first kappa shape index (κ1) is 30.1. The number of para-hydroxylation sites is 1. The summed E-state index contributed by atoms with van der Waals surface area (Å²) in [4.78, 5) is 9.10. The van der Waals surface area contributed by atoms with Crippen LogP contribution in [0, 0.1) is 25.0 Å². The summed E-state index contributed by atoms with van der Waals surface area (Å²) < 4.78 is 2.43. The zero-order chi connectivity index (χ0) is 28.9. The topological polar surface area (TPSA) is 30.7 Å². The van der Waals surface area contributed by atoms with Gasteiger partial charge in [-0.15, -0.1) is 59.7 Å². The van der Waals surface area contributed by atoms with Crippen molar-refractivity contribution in [3.8, 4) is 33.6 Å². The molecular formula is C39H33IrN3-2. The van der Waals surface area contributed by atoms with Crippen LogP contribution in [0.5, 0.6) is 0 Å². The fraction of sp³-hybridized carbons (Fsp3) is 0.128. The fourth-order valence-electron chi connectivity index (χ4n) is 5.48. The van der Waals surface area contributed by atoms with Gasteiger partial charge in [-0.05, 0) is 58.4 Å². The second-order valence-electron chi connectivity index (χ2n) is 10.9. The Labute approximate surface area is 267 Å². The van der Waals surface area contributed by atoms with E-state index in [1.165, 1.54) is 38.5 Å². The zero-order valence-electron chi connectivity index (χ0n) is 24.6. The molecule has 4 heteroatoms. The Morgan fingerprint density at radius 3 is 2.21 bits per heavy atom. The summed E-state index contributed by atoms with van der Waals surface area (Å²) in [5.74, 6) is 0.575.